The molecule has 4 nitrogen and oxygen atoms in total. The molecule has 1 saturated heterocycles. The third-order valence-electron chi connectivity index (χ3n) is 3.57. The van der Waals surface area contributed by atoms with Crippen LogP contribution in [0.5, 0.6) is 0 Å². The molecule has 0 bridgehead atoms. The zero-order valence-electron chi connectivity index (χ0n) is 11.0. The monoisotopic (exact) mass is 302 g/mol. The maximum Gasteiger partial charge on any atom is 0.243 e. The van der Waals surface area contributed by atoms with Crippen LogP contribution in [0.4, 0.5) is 0 Å². The number of rotatable bonds is 3. The fourth-order valence-electron chi connectivity index (χ4n) is 2.55. The molecule has 1 unspecified atom stereocenters. The topological polar surface area (TPSA) is 63.4 Å². The van der Waals surface area contributed by atoms with E-state index in [2.05, 4.69) is 0 Å². The van der Waals surface area contributed by atoms with Gasteiger partial charge in [-0.15, -0.1) is 0 Å². The molecule has 0 aliphatic carbocycles. The minimum atomic E-state index is -3.48. The van der Waals surface area contributed by atoms with E-state index in [0.29, 0.717) is 28.6 Å². The lowest BCUT2D eigenvalue weighted by atomic mass is 10.1. The quantitative estimate of drug-likeness (QED) is 0.930. The minimum absolute atomic E-state index is 0.0890. The first kappa shape index (κ1) is 14.8. The molecule has 2 rings (SSSR count). The second-order valence-electron chi connectivity index (χ2n) is 4.91. The molecule has 1 heterocycles. The van der Waals surface area contributed by atoms with Gasteiger partial charge in [-0.2, -0.15) is 4.31 Å². The molecule has 1 aromatic rings. The van der Waals surface area contributed by atoms with E-state index in [0.717, 1.165) is 19.3 Å². The highest BCUT2D eigenvalue weighted by Gasteiger charge is 2.33. The van der Waals surface area contributed by atoms with Crippen LogP contribution in [-0.2, 0) is 10.0 Å². The van der Waals surface area contributed by atoms with Crippen molar-refractivity contribution in [1.29, 1.82) is 0 Å². The summed E-state index contributed by atoms with van der Waals surface area (Å²) in [5.41, 5.74) is 6.38. The molecule has 1 atom stereocenters. The summed E-state index contributed by atoms with van der Waals surface area (Å²) in [6, 6.07) is 4.78. The summed E-state index contributed by atoms with van der Waals surface area (Å²) in [6.45, 7) is 2.68. The lowest BCUT2D eigenvalue weighted by Crippen LogP contribution is -2.47. The summed E-state index contributed by atoms with van der Waals surface area (Å²) in [4.78, 5) is 0.331. The van der Waals surface area contributed by atoms with Gasteiger partial charge in [-0.25, -0.2) is 8.42 Å². The molecular formula is C13H19ClN2O2S. The number of nitrogens with two attached hydrogens (primary N) is 1. The summed E-state index contributed by atoms with van der Waals surface area (Å²) in [6.07, 6.45) is 2.76. The van der Waals surface area contributed by atoms with E-state index in [1.807, 2.05) is 0 Å². The van der Waals surface area contributed by atoms with Crippen LogP contribution in [0.2, 0.25) is 5.02 Å². The lowest BCUT2D eigenvalue weighted by Gasteiger charge is -2.34. The predicted molar refractivity (Wildman–Crippen MR) is 76.8 cm³/mol. The van der Waals surface area contributed by atoms with E-state index in [4.69, 9.17) is 17.3 Å². The highest BCUT2D eigenvalue weighted by atomic mass is 35.5. The van der Waals surface area contributed by atoms with Gasteiger partial charge < -0.3 is 5.73 Å². The second-order valence-corrected chi connectivity index (χ2v) is 7.21. The minimum Gasteiger partial charge on any atom is -0.329 e. The van der Waals surface area contributed by atoms with Gasteiger partial charge in [-0.05, 0) is 43.5 Å². The van der Waals surface area contributed by atoms with Gasteiger partial charge in [0.15, 0.2) is 0 Å². The number of hydrogen-bond donors (Lipinski definition) is 1. The Kier molecular flexibility index (Phi) is 4.50. The summed E-state index contributed by atoms with van der Waals surface area (Å²) in [5, 5.41) is 0.547. The van der Waals surface area contributed by atoms with Gasteiger partial charge in [0.25, 0.3) is 0 Å². The Balaban J connectivity index is 2.40. The van der Waals surface area contributed by atoms with Crippen molar-refractivity contribution < 1.29 is 8.42 Å². The molecule has 2 N–H and O–H groups in total. The van der Waals surface area contributed by atoms with Crippen LogP contribution in [-0.4, -0.2) is 31.9 Å². The lowest BCUT2D eigenvalue weighted by molar-refractivity contribution is 0.257. The molecule has 0 spiro atoms. The van der Waals surface area contributed by atoms with Gasteiger partial charge in [0.1, 0.15) is 0 Å². The number of sulfonamides is 1. The van der Waals surface area contributed by atoms with E-state index in [9.17, 15) is 8.42 Å². The fraction of sp³-hybridized carbons (Fsp3) is 0.538. The third kappa shape index (κ3) is 2.94. The van der Waals surface area contributed by atoms with E-state index >= 15 is 0 Å². The van der Waals surface area contributed by atoms with E-state index in [1.54, 1.807) is 29.4 Å². The van der Waals surface area contributed by atoms with E-state index in [1.165, 1.54) is 0 Å². The van der Waals surface area contributed by atoms with Crippen LogP contribution < -0.4 is 5.73 Å². The standard InChI is InChI=1S/C13H19ClN2O2S/c1-10-8-11(14)5-6-13(10)19(17,18)16-7-3-2-4-12(16)9-15/h5-6,8,12H,2-4,7,9,15H2,1H3. The zero-order chi connectivity index (χ0) is 14.0. The highest BCUT2D eigenvalue weighted by molar-refractivity contribution is 7.89. The van der Waals surface area contributed by atoms with Crippen LogP contribution in [0.15, 0.2) is 23.1 Å². The van der Waals surface area contributed by atoms with Gasteiger partial charge in [-0.3, -0.25) is 0 Å². The molecule has 1 aliphatic rings. The maximum atomic E-state index is 12.7. The summed E-state index contributed by atoms with van der Waals surface area (Å²) in [5.74, 6) is 0. The van der Waals surface area contributed by atoms with Crippen molar-refractivity contribution in [2.24, 2.45) is 5.73 Å². The molecule has 106 valence electrons. The van der Waals surface area contributed by atoms with Crippen LogP contribution in [0.1, 0.15) is 24.8 Å². The van der Waals surface area contributed by atoms with Gasteiger partial charge >= 0.3 is 0 Å². The number of benzene rings is 1. The number of nitrogens with zero attached hydrogens (tertiary/aromatic N) is 1. The number of piperidine rings is 1. The third-order valence-corrected chi connectivity index (χ3v) is 5.92. The van der Waals surface area contributed by atoms with Gasteiger partial charge in [-0.1, -0.05) is 18.0 Å². The van der Waals surface area contributed by atoms with Crippen LogP contribution in [0.3, 0.4) is 0 Å². The van der Waals surface area contributed by atoms with Crippen LogP contribution in [0, 0.1) is 6.92 Å². The number of aryl methyl sites for hydroxylation is 1. The van der Waals surface area contributed by atoms with Crippen molar-refractivity contribution in [3.63, 3.8) is 0 Å². The fourth-order valence-corrected chi connectivity index (χ4v) is 4.69. The molecule has 0 amide bonds. The molecular weight excluding hydrogens is 284 g/mol. The summed E-state index contributed by atoms with van der Waals surface area (Å²) in [7, 11) is -3.48. The molecule has 19 heavy (non-hydrogen) atoms. The van der Waals surface area contributed by atoms with Gasteiger partial charge in [0.05, 0.1) is 4.90 Å². The number of hydrogen-bond acceptors (Lipinski definition) is 3. The second kappa shape index (κ2) is 5.79. The Morgan fingerprint density at radius 1 is 1.42 bits per heavy atom. The largest absolute Gasteiger partial charge is 0.329 e. The van der Waals surface area contributed by atoms with E-state index < -0.39 is 10.0 Å². The molecule has 1 aromatic carbocycles. The molecule has 0 saturated carbocycles. The van der Waals surface area contributed by atoms with E-state index in [-0.39, 0.29) is 6.04 Å². The highest BCUT2D eigenvalue weighted by Crippen LogP contribution is 2.28. The van der Waals surface area contributed by atoms with Crippen molar-refractivity contribution >= 4 is 21.6 Å². The number of halogens is 1. The first-order chi connectivity index (χ1) is 8.96. The Morgan fingerprint density at radius 2 is 2.16 bits per heavy atom. The van der Waals surface area contributed by atoms with Crippen LogP contribution >= 0.6 is 11.6 Å². The molecule has 0 aromatic heterocycles. The summed E-state index contributed by atoms with van der Waals surface area (Å²) < 4.78 is 27.0. The predicted octanol–water partition coefficient (Wildman–Crippen LogP) is 2.15. The van der Waals surface area contributed by atoms with Gasteiger partial charge in [0, 0.05) is 24.2 Å². The van der Waals surface area contributed by atoms with Crippen molar-refractivity contribution in [1.82, 2.24) is 4.31 Å². The zero-order valence-corrected chi connectivity index (χ0v) is 12.5. The Hall–Kier alpha value is -0.620. The SMILES string of the molecule is Cc1cc(Cl)ccc1S(=O)(=O)N1CCCCC1CN. The maximum absolute atomic E-state index is 12.7. The summed E-state index contributed by atoms with van der Waals surface area (Å²) >= 11 is 5.88. The van der Waals surface area contributed by atoms with Crippen molar-refractivity contribution in [3.8, 4) is 0 Å². The van der Waals surface area contributed by atoms with Crippen molar-refractivity contribution in [3.05, 3.63) is 28.8 Å². The first-order valence-corrected chi connectivity index (χ1v) is 8.26. The van der Waals surface area contributed by atoms with Gasteiger partial charge in [0.2, 0.25) is 10.0 Å². The van der Waals surface area contributed by atoms with Crippen LogP contribution in [0.25, 0.3) is 0 Å². The smallest absolute Gasteiger partial charge is 0.243 e. The molecule has 1 aliphatic heterocycles. The van der Waals surface area contributed by atoms with Crippen molar-refractivity contribution in [2.75, 3.05) is 13.1 Å². The Morgan fingerprint density at radius 3 is 2.79 bits per heavy atom. The Labute approximate surface area is 119 Å². The molecule has 1 fully saturated rings. The Bertz CT molecular complexity index is 560. The average molecular weight is 303 g/mol. The molecule has 0 radical (unpaired) electrons. The normalized spacial score (nSPS) is 21.5. The molecule has 6 heteroatoms. The average Bonchev–Trinajstić information content (AvgIpc) is 2.38. The first-order valence-electron chi connectivity index (χ1n) is 6.45. The van der Waals surface area contributed by atoms with Crippen molar-refractivity contribution in [2.45, 2.75) is 37.1 Å².